The Kier molecular flexibility index (Phi) is 3.76. The summed E-state index contributed by atoms with van der Waals surface area (Å²) in [7, 11) is 0. The van der Waals surface area contributed by atoms with Crippen molar-refractivity contribution in [3.05, 3.63) is 56.3 Å². The van der Waals surface area contributed by atoms with Crippen LogP contribution < -0.4 is 4.74 Å². The van der Waals surface area contributed by atoms with Crippen LogP contribution in [0.4, 0.5) is 5.69 Å². The lowest BCUT2D eigenvalue weighted by Gasteiger charge is -2.06. The van der Waals surface area contributed by atoms with Gasteiger partial charge in [-0.1, -0.05) is 6.07 Å². The average molecular weight is 279 g/mol. The molecule has 19 heavy (non-hydrogen) atoms. The van der Waals surface area contributed by atoms with Gasteiger partial charge >= 0.3 is 11.7 Å². The highest BCUT2D eigenvalue weighted by atomic mass is 32.1. The molecule has 0 aliphatic heterocycles. The predicted molar refractivity (Wildman–Crippen MR) is 68.7 cm³/mol. The van der Waals surface area contributed by atoms with Gasteiger partial charge in [0.05, 0.1) is 10.5 Å². The second kappa shape index (κ2) is 5.49. The number of carbonyl (C=O) groups is 1. The maximum Gasteiger partial charge on any atom is 0.335 e. The van der Waals surface area contributed by atoms with E-state index in [1.54, 1.807) is 0 Å². The van der Waals surface area contributed by atoms with Crippen LogP contribution in [0.15, 0.2) is 35.7 Å². The highest BCUT2D eigenvalue weighted by Gasteiger charge is 2.18. The molecular formula is C12H9NO5S. The molecule has 2 rings (SSSR count). The molecule has 2 aromatic rings. The first-order chi connectivity index (χ1) is 9.08. The lowest BCUT2D eigenvalue weighted by atomic mass is 10.2. The first-order valence-corrected chi connectivity index (χ1v) is 6.13. The molecule has 0 amide bonds. The minimum absolute atomic E-state index is 0.0432. The second-order valence-corrected chi connectivity index (χ2v) is 4.65. The number of ether oxygens (including phenoxy) is 1. The van der Waals surface area contributed by atoms with Gasteiger partial charge in [0.15, 0.2) is 5.75 Å². The molecule has 0 unspecified atom stereocenters. The van der Waals surface area contributed by atoms with Crippen molar-refractivity contribution in [1.29, 1.82) is 0 Å². The third kappa shape index (κ3) is 3.08. The summed E-state index contributed by atoms with van der Waals surface area (Å²) in [5.41, 5.74) is -0.298. The van der Waals surface area contributed by atoms with E-state index >= 15 is 0 Å². The van der Waals surface area contributed by atoms with E-state index in [0.29, 0.717) is 0 Å². The van der Waals surface area contributed by atoms with Crippen molar-refractivity contribution in [1.82, 2.24) is 0 Å². The lowest BCUT2D eigenvalue weighted by Crippen LogP contribution is -2.02. The number of benzene rings is 1. The van der Waals surface area contributed by atoms with Crippen LogP contribution in [0, 0.1) is 10.1 Å². The third-order valence-corrected chi connectivity index (χ3v) is 3.20. The van der Waals surface area contributed by atoms with E-state index in [1.165, 1.54) is 17.4 Å². The minimum Gasteiger partial charge on any atom is -0.481 e. The highest BCUT2D eigenvalue weighted by Crippen LogP contribution is 2.29. The number of rotatable bonds is 5. The molecule has 0 aliphatic rings. The summed E-state index contributed by atoms with van der Waals surface area (Å²) < 4.78 is 5.34. The maximum absolute atomic E-state index is 10.8. The van der Waals surface area contributed by atoms with E-state index < -0.39 is 10.9 Å². The van der Waals surface area contributed by atoms with Crippen LogP contribution in [-0.4, -0.2) is 16.0 Å². The van der Waals surface area contributed by atoms with E-state index in [9.17, 15) is 14.9 Å². The Morgan fingerprint density at radius 2 is 2.21 bits per heavy atom. The molecule has 7 heteroatoms. The Balaban J connectivity index is 2.27. The fourth-order valence-electron chi connectivity index (χ4n) is 1.46. The fraction of sp³-hybridized carbons (Fsp3) is 0.0833. The summed E-state index contributed by atoms with van der Waals surface area (Å²) in [5.74, 6) is -1.20. The van der Waals surface area contributed by atoms with Gasteiger partial charge in [-0.25, -0.2) is 4.79 Å². The summed E-state index contributed by atoms with van der Waals surface area (Å²) in [4.78, 5) is 22.0. The molecule has 0 saturated carbocycles. The molecule has 98 valence electrons. The maximum atomic E-state index is 10.8. The standard InChI is InChI=1S/C12H9NO5S/c14-12(15)8-3-4-10(13(16)17)11(6-8)18-7-9-2-1-5-19-9/h1-6H,7H2,(H,14,15). The molecule has 0 radical (unpaired) electrons. The summed E-state index contributed by atoms with van der Waals surface area (Å²) in [5, 5.41) is 21.6. The van der Waals surface area contributed by atoms with E-state index in [-0.39, 0.29) is 23.6 Å². The number of thiophene rings is 1. The Morgan fingerprint density at radius 1 is 1.42 bits per heavy atom. The zero-order valence-corrected chi connectivity index (χ0v) is 10.4. The Bertz CT molecular complexity index is 609. The summed E-state index contributed by atoms with van der Waals surface area (Å²) in [6, 6.07) is 7.14. The van der Waals surface area contributed by atoms with Crippen LogP contribution in [0.3, 0.4) is 0 Å². The smallest absolute Gasteiger partial charge is 0.335 e. The van der Waals surface area contributed by atoms with Gasteiger partial charge in [0.25, 0.3) is 0 Å². The van der Waals surface area contributed by atoms with Crippen molar-refractivity contribution in [2.24, 2.45) is 0 Å². The average Bonchev–Trinajstić information content (AvgIpc) is 2.88. The third-order valence-electron chi connectivity index (χ3n) is 2.35. The second-order valence-electron chi connectivity index (χ2n) is 3.61. The Hall–Kier alpha value is -2.41. The lowest BCUT2D eigenvalue weighted by molar-refractivity contribution is -0.385. The van der Waals surface area contributed by atoms with Crippen LogP contribution in [0.25, 0.3) is 0 Å². The van der Waals surface area contributed by atoms with Crippen LogP contribution in [-0.2, 0) is 6.61 Å². The van der Waals surface area contributed by atoms with E-state index in [2.05, 4.69) is 0 Å². The quantitative estimate of drug-likeness (QED) is 0.671. The molecule has 0 bridgehead atoms. The molecule has 0 atom stereocenters. The monoisotopic (exact) mass is 279 g/mol. The van der Waals surface area contributed by atoms with Gasteiger partial charge in [-0.15, -0.1) is 11.3 Å². The first kappa shape index (κ1) is 13.0. The van der Waals surface area contributed by atoms with Crippen LogP contribution in [0.2, 0.25) is 0 Å². The first-order valence-electron chi connectivity index (χ1n) is 5.25. The van der Waals surface area contributed by atoms with Gasteiger partial charge in [0.1, 0.15) is 6.61 Å². The summed E-state index contributed by atoms with van der Waals surface area (Å²) in [6.07, 6.45) is 0. The number of carboxylic acid groups (broad SMARTS) is 1. The van der Waals surface area contributed by atoms with Crippen molar-refractivity contribution in [2.45, 2.75) is 6.61 Å². The number of carboxylic acids is 1. The molecule has 1 heterocycles. The van der Waals surface area contributed by atoms with Crippen LogP contribution in [0.5, 0.6) is 5.75 Å². The number of hydrogen-bond donors (Lipinski definition) is 1. The van der Waals surface area contributed by atoms with Gasteiger partial charge in [0.2, 0.25) is 0 Å². The topological polar surface area (TPSA) is 89.7 Å². The normalized spacial score (nSPS) is 10.1. The van der Waals surface area contributed by atoms with Gasteiger partial charge in [-0.05, 0) is 17.5 Å². The van der Waals surface area contributed by atoms with Gasteiger partial charge in [-0.2, -0.15) is 0 Å². The molecule has 0 fully saturated rings. The number of nitrogens with zero attached hydrogens (tertiary/aromatic N) is 1. The number of hydrogen-bond acceptors (Lipinski definition) is 5. The van der Waals surface area contributed by atoms with E-state index in [0.717, 1.165) is 17.0 Å². The van der Waals surface area contributed by atoms with Gasteiger partial charge in [0, 0.05) is 17.0 Å². The molecule has 0 saturated heterocycles. The fourth-order valence-corrected chi connectivity index (χ4v) is 2.07. The highest BCUT2D eigenvalue weighted by molar-refractivity contribution is 7.09. The van der Waals surface area contributed by atoms with Crippen molar-refractivity contribution in [2.75, 3.05) is 0 Å². The molecule has 1 N–H and O–H groups in total. The van der Waals surface area contributed by atoms with Crippen LogP contribution >= 0.6 is 11.3 Å². The number of nitro benzene ring substituents is 1. The Labute approximate surface area is 112 Å². The molecule has 1 aromatic carbocycles. The molecular weight excluding hydrogens is 270 g/mol. The Morgan fingerprint density at radius 3 is 2.79 bits per heavy atom. The van der Waals surface area contributed by atoms with Crippen molar-refractivity contribution >= 4 is 23.0 Å². The zero-order chi connectivity index (χ0) is 13.8. The number of nitro groups is 1. The van der Waals surface area contributed by atoms with E-state index in [4.69, 9.17) is 9.84 Å². The van der Waals surface area contributed by atoms with Crippen molar-refractivity contribution in [3.8, 4) is 5.75 Å². The summed E-state index contributed by atoms with van der Waals surface area (Å²) >= 11 is 1.46. The molecule has 1 aromatic heterocycles. The van der Waals surface area contributed by atoms with Gasteiger partial charge < -0.3 is 9.84 Å². The predicted octanol–water partition coefficient (Wildman–Crippen LogP) is 2.93. The number of aromatic carboxylic acids is 1. The van der Waals surface area contributed by atoms with Crippen molar-refractivity contribution < 1.29 is 19.6 Å². The van der Waals surface area contributed by atoms with E-state index in [1.807, 2.05) is 17.5 Å². The largest absolute Gasteiger partial charge is 0.481 e. The summed E-state index contributed by atoms with van der Waals surface area (Å²) in [6.45, 7) is 0.168. The molecule has 6 nitrogen and oxygen atoms in total. The minimum atomic E-state index is -1.16. The molecule has 0 aliphatic carbocycles. The SMILES string of the molecule is O=C(O)c1ccc([N+](=O)[O-])c(OCc2cccs2)c1. The van der Waals surface area contributed by atoms with Gasteiger partial charge in [-0.3, -0.25) is 10.1 Å². The van der Waals surface area contributed by atoms with Crippen molar-refractivity contribution in [3.63, 3.8) is 0 Å². The zero-order valence-electron chi connectivity index (χ0n) is 9.61. The van der Waals surface area contributed by atoms with Crippen LogP contribution in [0.1, 0.15) is 15.2 Å². The molecule has 0 spiro atoms.